The normalized spacial score (nSPS) is 10.7. The van der Waals surface area contributed by atoms with Gasteiger partial charge < -0.3 is 14.6 Å². The maximum Gasteiger partial charge on any atom is 0.270 e. The SMILES string of the molecule is CC(C)n1cccc1C(=O)N(C)CCO. The molecule has 0 radical (unpaired) electrons. The van der Waals surface area contributed by atoms with Gasteiger partial charge in [-0.3, -0.25) is 4.79 Å². The van der Waals surface area contributed by atoms with Crippen molar-refractivity contribution in [1.82, 2.24) is 9.47 Å². The molecule has 0 aliphatic heterocycles. The Morgan fingerprint density at radius 1 is 1.60 bits per heavy atom. The first-order valence-electron chi connectivity index (χ1n) is 5.11. The van der Waals surface area contributed by atoms with Crippen LogP contribution in [-0.2, 0) is 0 Å². The Balaban J connectivity index is 2.86. The first-order valence-corrected chi connectivity index (χ1v) is 5.11. The quantitative estimate of drug-likeness (QED) is 0.809. The lowest BCUT2D eigenvalue weighted by atomic mass is 10.3. The molecule has 0 fully saturated rings. The van der Waals surface area contributed by atoms with Gasteiger partial charge >= 0.3 is 0 Å². The second kappa shape index (κ2) is 4.98. The monoisotopic (exact) mass is 210 g/mol. The third kappa shape index (κ3) is 2.59. The van der Waals surface area contributed by atoms with Gasteiger partial charge in [0.1, 0.15) is 5.69 Å². The fraction of sp³-hybridized carbons (Fsp3) is 0.545. The molecular formula is C11H18N2O2. The molecule has 0 bridgehead atoms. The summed E-state index contributed by atoms with van der Waals surface area (Å²) in [5.74, 6) is -0.0530. The Hall–Kier alpha value is -1.29. The molecule has 0 aliphatic carbocycles. The van der Waals surface area contributed by atoms with Gasteiger partial charge in [-0.15, -0.1) is 0 Å². The van der Waals surface area contributed by atoms with Gasteiger partial charge in [0, 0.05) is 25.8 Å². The second-order valence-electron chi connectivity index (χ2n) is 3.84. The average molecular weight is 210 g/mol. The zero-order chi connectivity index (χ0) is 11.4. The average Bonchev–Trinajstić information content (AvgIpc) is 2.65. The van der Waals surface area contributed by atoms with Crippen LogP contribution in [0.3, 0.4) is 0 Å². The maximum absolute atomic E-state index is 11.9. The number of hydrogen-bond acceptors (Lipinski definition) is 2. The lowest BCUT2D eigenvalue weighted by molar-refractivity contribution is 0.0755. The maximum atomic E-state index is 11.9. The van der Waals surface area contributed by atoms with E-state index in [2.05, 4.69) is 0 Å². The molecule has 1 heterocycles. The van der Waals surface area contributed by atoms with Crippen LogP contribution in [0.2, 0.25) is 0 Å². The van der Waals surface area contributed by atoms with Crippen molar-refractivity contribution in [3.8, 4) is 0 Å². The van der Waals surface area contributed by atoms with Crippen molar-refractivity contribution in [1.29, 1.82) is 0 Å². The van der Waals surface area contributed by atoms with Crippen LogP contribution in [0.1, 0.15) is 30.4 Å². The van der Waals surface area contributed by atoms with Crippen molar-refractivity contribution < 1.29 is 9.90 Å². The minimum Gasteiger partial charge on any atom is -0.395 e. The number of aliphatic hydroxyl groups excluding tert-OH is 1. The number of likely N-dealkylation sites (N-methyl/N-ethyl adjacent to an activating group) is 1. The molecule has 0 aromatic carbocycles. The molecule has 0 aliphatic rings. The number of aliphatic hydroxyl groups is 1. The molecular weight excluding hydrogens is 192 g/mol. The largest absolute Gasteiger partial charge is 0.395 e. The third-order valence-electron chi connectivity index (χ3n) is 2.34. The molecule has 1 N–H and O–H groups in total. The highest BCUT2D eigenvalue weighted by molar-refractivity contribution is 5.92. The lowest BCUT2D eigenvalue weighted by Crippen LogP contribution is -2.31. The number of aromatic nitrogens is 1. The molecule has 0 unspecified atom stereocenters. The first-order chi connectivity index (χ1) is 7.07. The van der Waals surface area contributed by atoms with E-state index in [1.54, 1.807) is 13.1 Å². The zero-order valence-electron chi connectivity index (χ0n) is 9.47. The molecule has 0 atom stereocenters. The van der Waals surface area contributed by atoms with Gasteiger partial charge in [-0.1, -0.05) is 0 Å². The van der Waals surface area contributed by atoms with Gasteiger partial charge in [0.2, 0.25) is 0 Å². The summed E-state index contributed by atoms with van der Waals surface area (Å²) in [5.41, 5.74) is 0.668. The number of nitrogens with zero attached hydrogens (tertiary/aromatic N) is 2. The predicted octanol–water partition coefficient (Wildman–Crippen LogP) is 1.13. The van der Waals surface area contributed by atoms with E-state index in [-0.39, 0.29) is 18.6 Å². The summed E-state index contributed by atoms with van der Waals surface area (Å²) in [6.07, 6.45) is 1.89. The van der Waals surface area contributed by atoms with Gasteiger partial charge in [0.15, 0.2) is 0 Å². The molecule has 0 spiro atoms. The van der Waals surface area contributed by atoms with Crippen molar-refractivity contribution in [2.45, 2.75) is 19.9 Å². The van der Waals surface area contributed by atoms with E-state index in [4.69, 9.17) is 5.11 Å². The van der Waals surface area contributed by atoms with Crippen LogP contribution in [0.4, 0.5) is 0 Å². The van der Waals surface area contributed by atoms with E-state index < -0.39 is 0 Å². The van der Waals surface area contributed by atoms with E-state index >= 15 is 0 Å². The number of carbonyl (C=O) groups is 1. The topological polar surface area (TPSA) is 45.5 Å². The van der Waals surface area contributed by atoms with Crippen LogP contribution in [0, 0.1) is 0 Å². The molecule has 1 aromatic rings. The fourth-order valence-corrected chi connectivity index (χ4v) is 1.47. The van der Waals surface area contributed by atoms with Crippen molar-refractivity contribution >= 4 is 5.91 Å². The Morgan fingerprint density at radius 2 is 2.27 bits per heavy atom. The van der Waals surface area contributed by atoms with Gasteiger partial charge in [0.05, 0.1) is 6.61 Å². The van der Waals surface area contributed by atoms with E-state index in [0.29, 0.717) is 12.2 Å². The summed E-state index contributed by atoms with van der Waals surface area (Å²) in [6.45, 7) is 4.42. The van der Waals surface area contributed by atoms with Crippen LogP contribution in [0.5, 0.6) is 0 Å². The van der Waals surface area contributed by atoms with Crippen LogP contribution < -0.4 is 0 Å². The highest BCUT2D eigenvalue weighted by Crippen LogP contribution is 2.12. The van der Waals surface area contributed by atoms with E-state index in [9.17, 15) is 4.79 Å². The molecule has 1 amide bonds. The molecule has 4 nitrogen and oxygen atoms in total. The Kier molecular flexibility index (Phi) is 3.91. The van der Waals surface area contributed by atoms with Crippen molar-refractivity contribution in [3.05, 3.63) is 24.0 Å². The van der Waals surface area contributed by atoms with E-state index in [1.807, 2.05) is 30.7 Å². The summed E-state index contributed by atoms with van der Waals surface area (Å²) in [4.78, 5) is 13.4. The van der Waals surface area contributed by atoms with Crippen molar-refractivity contribution in [2.24, 2.45) is 0 Å². The molecule has 15 heavy (non-hydrogen) atoms. The molecule has 0 saturated carbocycles. The van der Waals surface area contributed by atoms with Crippen LogP contribution >= 0.6 is 0 Å². The fourth-order valence-electron chi connectivity index (χ4n) is 1.47. The summed E-state index contributed by atoms with van der Waals surface area (Å²) in [6, 6.07) is 3.93. The van der Waals surface area contributed by atoms with Gasteiger partial charge in [0.25, 0.3) is 5.91 Å². The number of hydrogen-bond donors (Lipinski definition) is 1. The van der Waals surface area contributed by atoms with Gasteiger partial charge in [-0.25, -0.2) is 0 Å². The van der Waals surface area contributed by atoms with E-state index in [0.717, 1.165) is 0 Å². The van der Waals surface area contributed by atoms with Crippen LogP contribution in [-0.4, -0.2) is 40.7 Å². The summed E-state index contributed by atoms with van der Waals surface area (Å²) in [5, 5.41) is 8.76. The van der Waals surface area contributed by atoms with Crippen molar-refractivity contribution in [3.63, 3.8) is 0 Å². The zero-order valence-corrected chi connectivity index (χ0v) is 9.47. The molecule has 1 rings (SSSR count). The highest BCUT2D eigenvalue weighted by Gasteiger charge is 2.15. The Morgan fingerprint density at radius 3 is 2.80 bits per heavy atom. The summed E-state index contributed by atoms with van der Waals surface area (Å²) < 4.78 is 1.93. The van der Waals surface area contributed by atoms with Gasteiger partial charge in [-0.2, -0.15) is 0 Å². The summed E-state index contributed by atoms with van der Waals surface area (Å²) in [7, 11) is 1.69. The standard InChI is InChI=1S/C11H18N2O2/c1-9(2)13-6-4-5-10(13)11(15)12(3)7-8-14/h4-6,9,14H,7-8H2,1-3H3. The third-order valence-corrected chi connectivity index (χ3v) is 2.34. The van der Waals surface area contributed by atoms with Gasteiger partial charge in [-0.05, 0) is 26.0 Å². The van der Waals surface area contributed by atoms with Crippen molar-refractivity contribution in [2.75, 3.05) is 20.2 Å². The highest BCUT2D eigenvalue weighted by atomic mass is 16.3. The minimum absolute atomic E-state index is 0.00930. The molecule has 84 valence electrons. The number of carbonyl (C=O) groups excluding carboxylic acids is 1. The first kappa shape index (κ1) is 11.8. The Labute approximate surface area is 90.1 Å². The Bertz CT molecular complexity index is 331. The predicted molar refractivity (Wildman–Crippen MR) is 58.9 cm³/mol. The van der Waals surface area contributed by atoms with Crippen LogP contribution in [0.25, 0.3) is 0 Å². The lowest BCUT2D eigenvalue weighted by Gasteiger charge is -2.18. The number of amides is 1. The summed E-state index contributed by atoms with van der Waals surface area (Å²) >= 11 is 0. The molecule has 0 saturated heterocycles. The van der Waals surface area contributed by atoms with Crippen LogP contribution in [0.15, 0.2) is 18.3 Å². The van der Waals surface area contributed by atoms with E-state index in [1.165, 1.54) is 4.90 Å². The minimum atomic E-state index is -0.0530. The smallest absolute Gasteiger partial charge is 0.270 e. The molecule has 1 aromatic heterocycles. The number of rotatable bonds is 4. The molecule has 4 heteroatoms. The second-order valence-corrected chi connectivity index (χ2v) is 3.84.